The monoisotopic (exact) mass is 452 g/mol. The topological polar surface area (TPSA) is 84.3 Å². The molecular weight excluding hydrogens is 424 g/mol. The third-order valence-corrected chi connectivity index (χ3v) is 7.93. The summed E-state index contributed by atoms with van der Waals surface area (Å²) in [5.74, 6) is 0.672. The van der Waals surface area contributed by atoms with Crippen LogP contribution in [-0.4, -0.2) is 41.3 Å². The maximum atomic E-state index is 12.6. The minimum Gasteiger partial charge on any atom is -0.328 e. The van der Waals surface area contributed by atoms with Crippen LogP contribution in [0.15, 0.2) is 59.6 Å². The molecule has 0 bridgehead atoms. The molecule has 168 valence electrons. The van der Waals surface area contributed by atoms with Crippen molar-refractivity contribution in [3.63, 3.8) is 0 Å². The molecule has 1 aliphatic rings. The molecule has 1 amide bonds. The second-order valence-corrected chi connectivity index (χ2v) is 9.77. The fourth-order valence-corrected chi connectivity index (χ4v) is 5.52. The maximum Gasteiger partial charge on any atom is 0.255 e. The smallest absolute Gasteiger partial charge is 0.255 e. The van der Waals surface area contributed by atoms with Crippen molar-refractivity contribution in [2.24, 2.45) is 0 Å². The summed E-state index contributed by atoms with van der Waals surface area (Å²) in [5.41, 5.74) is 3.36. The Bertz CT molecular complexity index is 1200. The summed E-state index contributed by atoms with van der Waals surface area (Å²) in [7, 11) is -3.54. The first-order valence-corrected chi connectivity index (χ1v) is 12.4. The molecule has 7 nitrogen and oxygen atoms in total. The molecule has 0 spiro atoms. The van der Waals surface area contributed by atoms with Gasteiger partial charge in [0.05, 0.1) is 4.90 Å². The molecular formula is C24H28N4O3S. The lowest BCUT2D eigenvalue weighted by molar-refractivity contribution is 0.102. The molecule has 0 saturated carbocycles. The molecule has 4 rings (SSSR count). The Hall–Kier alpha value is -2.97. The Labute approximate surface area is 189 Å². The minimum absolute atomic E-state index is 0.185. The number of anilines is 1. The van der Waals surface area contributed by atoms with Crippen LogP contribution < -0.4 is 5.32 Å². The number of imidazole rings is 1. The van der Waals surface area contributed by atoms with Gasteiger partial charge in [0.1, 0.15) is 5.82 Å². The number of nitrogens with zero attached hydrogens (tertiary/aromatic N) is 3. The molecule has 32 heavy (non-hydrogen) atoms. The van der Waals surface area contributed by atoms with Crippen molar-refractivity contribution in [1.82, 2.24) is 13.9 Å². The predicted molar refractivity (Wildman–Crippen MR) is 125 cm³/mol. The van der Waals surface area contributed by atoms with E-state index < -0.39 is 10.0 Å². The van der Waals surface area contributed by atoms with Gasteiger partial charge in [-0.25, -0.2) is 13.4 Å². The molecule has 1 aromatic heterocycles. The third kappa shape index (κ3) is 4.33. The second kappa shape index (κ2) is 9.26. The molecule has 0 aliphatic carbocycles. The highest BCUT2D eigenvalue weighted by Gasteiger charge is 2.22. The minimum atomic E-state index is -3.54. The van der Waals surface area contributed by atoms with E-state index in [2.05, 4.69) is 14.9 Å². The van der Waals surface area contributed by atoms with Gasteiger partial charge in [0.25, 0.3) is 5.91 Å². The number of hydrogen-bond acceptors (Lipinski definition) is 4. The molecule has 3 aromatic rings. The summed E-state index contributed by atoms with van der Waals surface area (Å²) in [6.45, 7) is 5.39. The fraction of sp³-hybridized carbons (Fsp3) is 0.333. The van der Waals surface area contributed by atoms with Gasteiger partial charge < -0.3 is 9.88 Å². The summed E-state index contributed by atoms with van der Waals surface area (Å²) in [6, 6.07) is 13.7. The molecule has 2 heterocycles. The predicted octanol–water partition coefficient (Wildman–Crippen LogP) is 4.17. The Kier molecular flexibility index (Phi) is 6.43. The van der Waals surface area contributed by atoms with Gasteiger partial charge in [0.2, 0.25) is 10.0 Å². The van der Waals surface area contributed by atoms with Gasteiger partial charge in [-0.2, -0.15) is 4.31 Å². The normalized spacial score (nSPS) is 13.7. The fourth-order valence-electron chi connectivity index (χ4n) is 4.06. The molecule has 1 aliphatic heterocycles. The van der Waals surface area contributed by atoms with E-state index in [0.29, 0.717) is 24.3 Å². The zero-order chi connectivity index (χ0) is 22.7. The molecule has 0 saturated heterocycles. The van der Waals surface area contributed by atoms with E-state index in [4.69, 9.17) is 0 Å². The first kappa shape index (κ1) is 22.2. The number of aromatic nitrogens is 2. The van der Waals surface area contributed by atoms with Gasteiger partial charge in [-0.3, -0.25) is 4.79 Å². The van der Waals surface area contributed by atoms with E-state index in [9.17, 15) is 13.2 Å². The van der Waals surface area contributed by atoms with E-state index in [1.165, 1.54) is 47.1 Å². The van der Waals surface area contributed by atoms with Gasteiger partial charge in [0, 0.05) is 48.3 Å². The molecule has 1 N–H and O–H groups in total. The lowest BCUT2D eigenvalue weighted by atomic mass is 10.1. The van der Waals surface area contributed by atoms with Gasteiger partial charge >= 0.3 is 0 Å². The van der Waals surface area contributed by atoms with Crippen molar-refractivity contribution in [2.45, 2.75) is 44.6 Å². The first-order chi connectivity index (χ1) is 15.4. The Morgan fingerprint density at radius 2 is 1.72 bits per heavy atom. The maximum absolute atomic E-state index is 12.6. The second-order valence-electron chi connectivity index (χ2n) is 7.83. The number of nitrogens with one attached hydrogen (secondary N) is 1. The van der Waals surface area contributed by atoms with Gasteiger partial charge in [0.15, 0.2) is 0 Å². The van der Waals surface area contributed by atoms with Crippen molar-refractivity contribution in [3.8, 4) is 11.4 Å². The first-order valence-electron chi connectivity index (χ1n) is 11.0. The van der Waals surface area contributed by atoms with Crippen LogP contribution in [-0.2, 0) is 23.0 Å². The highest BCUT2D eigenvalue weighted by atomic mass is 32.2. The number of aryl methyl sites for hydroxylation is 1. The van der Waals surface area contributed by atoms with Crippen LogP contribution in [0.3, 0.4) is 0 Å². The van der Waals surface area contributed by atoms with Crippen molar-refractivity contribution in [2.75, 3.05) is 18.4 Å². The van der Waals surface area contributed by atoms with E-state index in [1.807, 2.05) is 30.5 Å². The van der Waals surface area contributed by atoms with Crippen LogP contribution in [0.25, 0.3) is 11.4 Å². The van der Waals surface area contributed by atoms with E-state index in [0.717, 1.165) is 24.4 Å². The molecule has 2 aromatic carbocycles. The Balaban J connectivity index is 1.46. The lowest BCUT2D eigenvalue weighted by Gasteiger charge is -2.18. The van der Waals surface area contributed by atoms with Crippen LogP contribution in [0.5, 0.6) is 0 Å². The zero-order valence-corrected chi connectivity index (χ0v) is 19.2. The van der Waals surface area contributed by atoms with Crippen molar-refractivity contribution in [1.29, 1.82) is 0 Å². The summed E-state index contributed by atoms with van der Waals surface area (Å²) >= 11 is 0. The number of carbonyl (C=O) groups is 1. The van der Waals surface area contributed by atoms with Crippen molar-refractivity contribution >= 4 is 21.6 Å². The molecule has 0 unspecified atom stereocenters. The van der Waals surface area contributed by atoms with Crippen LogP contribution >= 0.6 is 0 Å². The summed E-state index contributed by atoms with van der Waals surface area (Å²) in [4.78, 5) is 17.4. The van der Waals surface area contributed by atoms with Crippen LogP contribution in [0.1, 0.15) is 42.7 Å². The number of carbonyl (C=O) groups excluding carboxylic acids is 1. The number of hydrogen-bond donors (Lipinski definition) is 1. The molecule has 0 fully saturated rings. The Morgan fingerprint density at radius 1 is 1.03 bits per heavy atom. The van der Waals surface area contributed by atoms with Crippen LogP contribution in [0.2, 0.25) is 0 Å². The molecule has 8 heteroatoms. The SMILES string of the molecule is CCN(CC)S(=O)(=O)c1ccc(C(=O)Nc2ccc(-c3ncc4n3CCCC4)cc2)cc1. The summed E-state index contributed by atoms with van der Waals surface area (Å²) < 4.78 is 28.9. The van der Waals surface area contributed by atoms with E-state index >= 15 is 0 Å². The van der Waals surface area contributed by atoms with E-state index in [-0.39, 0.29) is 10.8 Å². The number of amides is 1. The summed E-state index contributed by atoms with van der Waals surface area (Å²) in [5, 5.41) is 2.87. The zero-order valence-electron chi connectivity index (χ0n) is 18.4. The summed E-state index contributed by atoms with van der Waals surface area (Å²) in [6.07, 6.45) is 5.39. The molecule has 0 radical (unpaired) electrons. The standard InChI is InChI=1S/C24H28N4O3S/c1-3-27(4-2)32(30,31)22-14-10-19(11-15-22)24(29)26-20-12-8-18(9-13-20)23-25-17-21-7-5-6-16-28(21)23/h8-15,17H,3-7,16H2,1-2H3,(H,26,29). The average Bonchev–Trinajstić information content (AvgIpc) is 3.24. The number of benzene rings is 2. The lowest BCUT2D eigenvalue weighted by Crippen LogP contribution is -2.30. The molecule has 0 atom stereocenters. The highest BCUT2D eigenvalue weighted by Crippen LogP contribution is 2.26. The number of fused-ring (bicyclic) bond motifs is 1. The van der Waals surface area contributed by atoms with Gasteiger partial charge in [-0.05, 0) is 67.8 Å². The quantitative estimate of drug-likeness (QED) is 0.583. The Morgan fingerprint density at radius 3 is 2.38 bits per heavy atom. The number of rotatable bonds is 7. The average molecular weight is 453 g/mol. The van der Waals surface area contributed by atoms with Crippen molar-refractivity contribution in [3.05, 3.63) is 66.0 Å². The van der Waals surface area contributed by atoms with Crippen molar-refractivity contribution < 1.29 is 13.2 Å². The third-order valence-electron chi connectivity index (χ3n) is 5.86. The van der Waals surface area contributed by atoms with Gasteiger partial charge in [-0.15, -0.1) is 0 Å². The van der Waals surface area contributed by atoms with Crippen LogP contribution in [0, 0.1) is 0 Å². The van der Waals surface area contributed by atoms with E-state index in [1.54, 1.807) is 13.8 Å². The van der Waals surface area contributed by atoms with Crippen LogP contribution in [0.4, 0.5) is 5.69 Å². The largest absolute Gasteiger partial charge is 0.328 e. The highest BCUT2D eigenvalue weighted by molar-refractivity contribution is 7.89. The van der Waals surface area contributed by atoms with Gasteiger partial charge in [-0.1, -0.05) is 13.8 Å². The number of sulfonamides is 1.